The van der Waals surface area contributed by atoms with Gasteiger partial charge in [0.2, 0.25) is 0 Å². The highest BCUT2D eigenvalue weighted by atomic mass is 19.4. The van der Waals surface area contributed by atoms with E-state index in [0.717, 1.165) is 13.1 Å². The van der Waals surface area contributed by atoms with Crippen LogP contribution in [0.25, 0.3) is 0 Å². The van der Waals surface area contributed by atoms with Crippen LogP contribution in [0.4, 0.5) is 13.2 Å². The van der Waals surface area contributed by atoms with Crippen LogP contribution in [0.2, 0.25) is 0 Å². The normalized spacial score (nSPS) is 12.6. The van der Waals surface area contributed by atoms with Gasteiger partial charge >= 0.3 is 6.18 Å². The molecule has 0 radical (unpaired) electrons. The fraction of sp³-hybridized carbons (Fsp3) is 0.636. The molecule has 0 saturated heterocycles. The molecule has 0 aliphatic heterocycles. The molecule has 0 aliphatic rings. The Morgan fingerprint density at radius 2 is 1.89 bits per heavy atom. The molecule has 5 nitrogen and oxygen atoms in total. The number of hydrogen-bond donors (Lipinski definition) is 3. The molecule has 0 saturated carbocycles. The van der Waals surface area contributed by atoms with Crippen molar-refractivity contribution in [2.45, 2.75) is 20.0 Å². The Balaban J connectivity index is 4.26. The molecule has 4 N–H and O–H groups in total. The molecule has 0 aromatic carbocycles. The molecule has 0 fully saturated rings. The number of carbonyl (C=O) groups excluding carboxylic acids is 1. The minimum atomic E-state index is -4.73. The number of allylic oxidation sites excluding steroid dienone is 1. The summed E-state index contributed by atoms with van der Waals surface area (Å²) in [6.07, 6.45) is -4.42. The number of rotatable bonds is 7. The summed E-state index contributed by atoms with van der Waals surface area (Å²) >= 11 is 0. The van der Waals surface area contributed by atoms with Crippen molar-refractivity contribution < 1.29 is 18.0 Å². The summed E-state index contributed by atoms with van der Waals surface area (Å²) in [6, 6.07) is 0. The molecule has 0 aromatic heterocycles. The summed E-state index contributed by atoms with van der Waals surface area (Å²) in [7, 11) is 0. The first-order valence-corrected chi connectivity index (χ1v) is 5.85. The molecule has 0 rings (SSSR count). The fourth-order valence-electron chi connectivity index (χ4n) is 1.27. The predicted molar refractivity (Wildman–Crippen MR) is 66.8 cm³/mol. The van der Waals surface area contributed by atoms with Crippen LogP contribution in [0, 0.1) is 5.41 Å². The van der Waals surface area contributed by atoms with E-state index >= 15 is 0 Å². The third kappa shape index (κ3) is 6.80. The highest BCUT2D eigenvalue weighted by Gasteiger charge is 2.32. The zero-order valence-corrected chi connectivity index (χ0v) is 11.0. The Bertz CT molecular complexity index is 348. The lowest BCUT2D eigenvalue weighted by molar-refractivity contribution is -0.114. The quantitative estimate of drug-likeness (QED) is 0.605. The van der Waals surface area contributed by atoms with Crippen LogP contribution in [-0.4, -0.2) is 48.9 Å². The molecule has 0 aromatic rings. The average Bonchev–Trinajstić information content (AvgIpc) is 2.33. The van der Waals surface area contributed by atoms with Gasteiger partial charge in [0.1, 0.15) is 11.4 Å². The van der Waals surface area contributed by atoms with E-state index in [9.17, 15) is 18.0 Å². The SMILES string of the molecule is CCN(CC)CCNC(=O)C(=N)C=C(N)C(F)(F)F. The van der Waals surface area contributed by atoms with Gasteiger partial charge < -0.3 is 16.0 Å². The molecule has 19 heavy (non-hydrogen) atoms. The minimum Gasteiger partial charge on any atom is -0.395 e. The zero-order chi connectivity index (χ0) is 15.1. The van der Waals surface area contributed by atoms with E-state index < -0.39 is 23.5 Å². The molecule has 0 bridgehead atoms. The first-order valence-electron chi connectivity index (χ1n) is 5.85. The van der Waals surface area contributed by atoms with Gasteiger partial charge in [-0.2, -0.15) is 13.2 Å². The van der Waals surface area contributed by atoms with Gasteiger partial charge in [0.15, 0.2) is 0 Å². The highest BCUT2D eigenvalue weighted by molar-refractivity contribution is 6.42. The Hall–Kier alpha value is -1.57. The summed E-state index contributed by atoms with van der Waals surface area (Å²) in [5, 5.41) is 9.56. The van der Waals surface area contributed by atoms with Crippen LogP contribution in [0.15, 0.2) is 11.8 Å². The van der Waals surface area contributed by atoms with E-state index in [4.69, 9.17) is 11.1 Å². The van der Waals surface area contributed by atoms with Crippen molar-refractivity contribution in [2.24, 2.45) is 5.73 Å². The second kappa shape index (κ2) is 7.78. The number of carbonyl (C=O) groups is 1. The van der Waals surface area contributed by atoms with E-state index in [1.165, 1.54) is 0 Å². The van der Waals surface area contributed by atoms with Gasteiger partial charge in [0.05, 0.1) is 0 Å². The van der Waals surface area contributed by atoms with Crippen LogP contribution in [0.5, 0.6) is 0 Å². The minimum absolute atomic E-state index is 0.267. The van der Waals surface area contributed by atoms with Gasteiger partial charge in [-0.05, 0) is 19.2 Å². The number of amides is 1. The van der Waals surface area contributed by atoms with Crippen LogP contribution >= 0.6 is 0 Å². The predicted octanol–water partition coefficient (Wildman–Crippen LogP) is 0.869. The van der Waals surface area contributed by atoms with Crippen LogP contribution in [-0.2, 0) is 4.79 Å². The molecule has 0 heterocycles. The van der Waals surface area contributed by atoms with Gasteiger partial charge in [0, 0.05) is 13.1 Å². The van der Waals surface area contributed by atoms with Gasteiger partial charge in [0.25, 0.3) is 5.91 Å². The number of nitrogens with zero attached hydrogens (tertiary/aromatic N) is 1. The third-order valence-corrected chi connectivity index (χ3v) is 2.48. The second-order valence-electron chi connectivity index (χ2n) is 3.79. The van der Waals surface area contributed by atoms with Crippen molar-refractivity contribution in [2.75, 3.05) is 26.2 Å². The number of hydrogen-bond acceptors (Lipinski definition) is 4. The van der Waals surface area contributed by atoms with Crippen LogP contribution in [0.3, 0.4) is 0 Å². The van der Waals surface area contributed by atoms with Crippen LogP contribution < -0.4 is 11.1 Å². The zero-order valence-electron chi connectivity index (χ0n) is 11.0. The van der Waals surface area contributed by atoms with Crippen molar-refractivity contribution in [3.63, 3.8) is 0 Å². The van der Waals surface area contributed by atoms with Crippen molar-refractivity contribution in [3.8, 4) is 0 Å². The fourth-order valence-corrected chi connectivity index (χ4v) is 1.27. The summed E-state index contributed by atoms with van der Waals surface area (Å²) in [6.45, 7) is 6.38. The monoisotopic (exact) mass is 280 g/mol. The van der Waals surface area contributed by atoms with Crippen molar-refractivity contribution >= 4 is 11.6 Å². The molecule has 8 heteroatoms. The molecular weight excluding hydrogens is 261 g/mol. The molecule has 0 spiro atoms. The average molecular weight is 280 g/mol. The van der Waals surface area contributed by atoms with Gasteiger partial charge in [-0.15, -0.1) is 0 Å². The Kier molecular flexibility index (Phi) is 7.13. The van der Waals surface area contributed by atoms with E-state index in [-0.39, 0.29) is 6.54 Å². The van der Waals surface area contributed by atoms with E-state index in [1.807, 2.05) is 18.7 Å². The van der Waals surface area contributed by atoms with Crippen molar-refractivity contribution in [1.29, 1.82) is 5.41 Å². The number of nitrogens with two attached hydrogens (primary N) is 1. The maximum absolute atomic E-state index is 12.1. The number of alkyl halides is 3. The number of nitrogens with one attached hydrogen (secondary N) is 2. The topological polar surface area (TPSA) is 82.2 Å². The number of likely N-dealkylation sites (N-methyl/N-ethyl adjacent to an activating group) is 1. The van der Waals surface area contributed by atoms with Crippen molar-refractivity contribution in [3.05, 3.63) is 11.8 Å². The first-order chi connectivity index (χ1) is 8.72. The molecule has 0 aliphatic carbocycles. The Morgan fingerprint density at radius 3 is 2.32 bits per heavy atom. The van der Waals surface area contributed by atoms with Crippen molar-refractivity contribution in [1.82, 2.24) is 10.2 Å². The van der Waals surface area contributed by atoms with E-state index in [2.05, 4.69) is 5.32 Å². The lowest BCUT2D eigenvalue weighted by Crippen LogP contribution is -2.37. The standard InChI is InChI=1S/C11H19F3N4O/c1-3-18(4-2)6-5-17-10(19)8(15)7-9(16)11(12,13)14/h7,15H,3-6,16H2,1-2H3,(H,17,19). The van der Waals surface area contributed by atoms with Gasteiger partial charge in [-0.3, -0.25) is 10.2 Å². The summed E-state index contributed by atoms with van der Waals surface area (Å²) < 4.78 is 36.3. The van der Waals surface area contributed by atoms with Gasteiger partial charge in [-0.25, -0.2) is 0 Å². The van der Waals surface area contributed by atoms with Crippen LogP contribution in [0.1, 0.15) is 13.8 Å². The van der Waals surface area contributed by atoms with Gasteiger partial charge in [-0.1, -0.05) is 13.8 Å². The Morgan fingerprint density at radius 1 is 1.37 bits per heavy atom. The van der Waals surface area contributed by atoms with E-state index in [0.29, 0.717) is 12.6 Å². The second-order valence-corrected chi connectivity index (χ2v) is 3.79. The first kappa shape index (κ1) is 17.4. The smallest absolute Gasteiger partial charge is 0.395 e. The highest BCUT2D eigenvalue weighted by Crippen LogP contribution is 2.20. The molecule has 0 atom stereocenters. The molecular formula is C11H19F3N4O. The molecule has 0 unspecified atom stereocenters. The van der Waals surface area contributed by atoms with E-state index in [1.54, 1.807) is 0 Å². The summed E-state index contributed by atoms with van der Waals surface area (Å²) in [4.78, 5) is 13.4. The molecule has 1 amide bonds. The summed E-state index contributed by atoms with van der Waals surface area (Å²) in [5.41, 5.74) is 2.44. The lowest BCUT2D eigenvalue weighted by atomic mass is 10.2. The Labute approximate surface area is 110 Å². The molecule has 110 valence electrons. The lowest BCUT2D eigenvalue weighted by Gasteiger charge is -2.17. The number of halogens is 3. The maximum atomic E-state index is 12.1. The summed E-state index contributed by atoms with van der Waals surface area (Å²) in [5.74, 6) is -0.876. The largest absolute Gasteiger partial charge is 0.430 e. The maximum Gasteiger partial charge on any atom is 0.430 e. The third-order valence-electron chi connectivity index (χ3n) is 2.48.